The molecule has 0 bridgehead atoms. The van der Waals surface area contributed by atoms with Gasteiger partial charge in [-0.2, -0.15) is 0 Å². The highest BCUT2D eigenvalue weighted by Crippen LogP contribution is 2.21. The molecule has 2 aromatic rings. The van der Waals surface area contributed by atoms with E-state index in [0.29, 0.717) is 13.1 Å². The molecule has 5 nitrogen and oxygen atoms in total. The third-order valence-electron chi connectivity index (χ3n) is 5.03. The number of aryl methyl sites for hydroxylation is 2. The second-order valence-electron chi connectivity index (χ2n) is 7.24. The molecule has 1 aliphatic heterocycles. The normalized spacial score (nSPS) is 16.3. The highest BCUT2D eigenvalue weighted by Gasteiger charge is 2.27. The van der Waals surface area contributed by atoms with E-state index in [1.165, 1.54) is 5.56 Å². The molecular formula is C22H27N3O2. The van der Waals surface area contributed by atoms with Crippen LogP contribution in [0, 0.1) is 13.8 Å². The van der Waals surface area contributed by atoms with Gasteiger partial charge in [0.15, 0.2) is 0 Å². The van der Waals surface area contributed by atoms with Crippen molar-refractivity contribution in [1.29, 1.82) is 0 Å². The topological polar surface area (TPSA) is 52.7 Å². The number of rotatable bonds is 5. The Morgan fingerprint density at radius 2 is 1.78 bits per heavy atom. The van der Waals surface area contributed by atoms with E-state index in [1.807, 2.05) is 79.1 Å². The molecular weight excluding hydrogens is 338 g/mol. The van der Waals surface area contributed by atoms with Crippen molar-refractivity contribution in [2.24, 2.45) is 0 Å². The zero-order valence-corrected chi connectivity index (χ0v) is 16.2. The second-order valence-corrected chi connectivity index (χ2v) is 7.24. The van der Waals surface area contributed by atoms with Crippen LogP contribution in [0.4, 0.5) is 5.69 Å². The molecule has 1 N–H and O–H groups in total. The number of hydrogen-bond acceptors (Lipinski definition) is 3. The van der Waals surface area contributed by atoms with Gasteiger partial charge in [-0.15, -0.1) is 0 Å². The first-order valence-corrected chi connectivity index (χ1v) is 9.38. The van der Waals surface area contributed by atoms with Crippen molar-refractivity contribution in [3.8, 4) is 0 Å². The molecule has 27 heavy (non-hydrogen) atoms. The van der Waals surface area contributed by atoms with E-state index in [-0.39, 0.29) is 30.9 Å². The smallest absolute Gasteiger partial charge is 0.241 e. The second kappa shape index (κ2) is 8.35. The summed E-state index contributed by atoms with van der Waals surface area (Å²) in [6.45, 7) is 7.82. The van der Waals surface area contributed by atoms with E-state index in [1.54, 1.807) is 0 Å². The van der Waals surface area contributed by atoms with E-state index in [2.05, 4.69) is 5.32 Å². The first kappa shape index (κ1) is 19.1. The lowest BCUT2D eigenvalue weighted by Gasteiger charge is -2.34. The van der Waals surface area contributed by atoms with E-state index in [0.717, 1.165) is 16.8 Å². The Labute approximate surface area is 161 Å². The van der Waals surface area contributed by atoms with Crippen LogP contribution in [-0.4, -0.2) is 42.9 Å². The Morgan fingerprint density at radius 3 is 2.44 bits per heavy atom. The average Bonchev–Trinajstić information content (AvgIpc) is 2.63. The molecule has 1 unspecified atom stereocenters. The summed E-state index contributed by atoms with van der Waals surface area (Å²) in [5.41, 5.74) is 4.32. The molecule has 1 saturated heterocycles. The lowest BCUT2D eigenvalue weighted by molar-refractivity contribution is -0.125. The molecule has 1 atom stereocenters. The van der Waals surface area contributed by atoms with E-state index in [4.69, 9.17) is 0 Å². The summed E-state index contributed by atoms with van der Waals surface area (Å²) in [7, 11) is 0. The molecule has 1 aliphatic rings. The molecule has 3 rings (SSSR count). The van der Waals surface area contributed by atoms with Crippen LogP contribution in [0.15, 0.2) is 48.5 Å². The van der Waals surface area contributed by atoms with Gasteiger partial charge in [-0.3, -0.25) is 14.5 Å². The van der Waals surface area contributed by atoms with E-state index >= 15 is 0 Å². The van der Waals surface area contributed by atoms with Crippen LogP contribution >= 0.6 is 0 Å². The molecule has 5 heteroatoms. The fourth-order valence-electron chi connectivity index (χ4n) is 3.41. The molecule has 1 fully saturated rings. The van der Waals surface area contributed by atoms with Crippen molar-refractivity contribution in [3.63, 3.8) is 0 Å². The minimum atomic E-state index is -0.0554. The van der Waals surface area contributed by atoms with Gasteiger partial charge in [0.1, 0.15) is 0 Å². The molecule has 0 radical (unpaired) electrons. The van der Waals surface area contributed by atoms with Crippen molar-refractivity contribution in [2.75, 3.05) is 31.1 Å². The molecule has 0 saturated carbocycles. The number of para-hydroxylation sites is 1. The quantitative estimate of drug-likeness (QED) is 0.886. The Hall–Kier alpha value is -2.66. The van der Waals surface area contributed by atoms with Gasteiger partial charge in [0.05, 0.1) is 19.1 Å². The fraction of sp³-hybridized carbons (Fsp3) is 0.364. The number of carbonyl (C=O) groups is 2. The Bertz CT molecular complexity index is 817. The lowest BCUT2D eigenvalue weighted by atomic mass is 10.1. The van der Waals surface area contributed by atoms with Gasteiger partial charge >= 0.3 is 0 Å². The number of nitrogens with one attached hydrogen (secondary N) is 1. The molecule has 0 spiro atoms. The summed E-state index contributed by atoms with van der Waals surface area (Å²) in [5.74, 6) is -0.0184. The predicted octanol–water partition coefficient (Wildman–Crippen LogP) is 2.83. The Kier molecular flexibility index (Phi) is 5.91. The molecule has 2 aromatic carbocycles. The highest BCUT2D eigenvalue weighted by molar-refractivity contribution is 5.96. The van der Waals surface area contributed by atoms with Crippen molar-refractivity contribution in [2.45, 2.75) is 26.8 Å². The monoisotopic (exact) mass is 365 g/mol. The molecule has 2 amide bonds. The summed E-state index contributed by atoms with van der Waals surface area (Å²) >= 11 is 0. The van der Waals surface area contributed by atoms with E-state index < -0.39 is 0 Å². The van der Waals surface area contributed by atoms with Crippen LogP contribution < -0.4 is 10.2 Å². The summed E-state index contributed by atoms with van der Waals surface area (Å²) in [4.78, 5) is 28.7. The van der Waals surface area contributed by atoms with Crippen LogP contribution in [0.5, 0.6) is 0 Å². The van der Waals surface area contributed by atoms with Crippen LogP contribution in [0.1, 0.15) is 29.7 Å². The maximum absolute atomic E-state index is 12.6. The zero-order valence-electron chi connectivity index (χ0n) is 16.2. The van der Waals surface area contributed by atoms with Gasteiger partial charge in [-0.1, -0.05) is 48.0 Å². The number of carbonyl (C=O) groups excluding carboxylic acids is 2. The molecule has 1 heterocycles. The minimum Gasteiger partial charge on any atom is -0.348 e. The number of benzene rings is 2. The molecule has 0 aliphatic carbocycles. The van der Waals surface area contributed by atoms with Crippen LogP contribution in [0.2, 0.25) is 0 Å². The zero-order chi connectivity index (χ0) is 19.4. The number of anilines is 1. The van der Waals surface area contributed by atoms with Crippen LogP contribution in [0.25, 0.3) is 0 Å². The summed E-state index contributed by atoms with van der Waals surface area (Å²) < 4.78 is 0. The van der Waals surface area contributed by atoms with Crippen molar-refractivity contribution in [1.82, 2.24) is 10.2 Å². The largest absolute Gasteiger partial charge is 0.348 e. The van der Waals surface area contributed by atoms with Gasteiger partial charge in [0.25, 0.3) is 0 Å². The van der Waals surface area contributed by atoms with Crippen molar-refractivity contribution < 1.29 is 9.59 Å². The first-order valence-electron chi connectivity index (χ1n) is 9.38. The fourth-order valence-corrected chi connectivity index (χ4v) is 3.41. The van der Waals surface area contributed by atoms with Gasteiger partial charge in [-0.05, 0) is 38.0 Å². The van der Waals surface area contributed by atoms with Crippen LogP contribution in [-0.2, 0) is 9.59 Å². The standard InChI is InChI=1S/C22H27N3O2/c1-16-8-10-19(11-9-16)18(3)23-21(26)14-24-12-13-25(22(27)15-24)20-7-5-4-6-17(20)2/h4-11,18H,12-15H2,1-3H3,(H,23,26). The maximum Gasteiger partial charge on any atom is 0.241 e. The Morgan fingerprint density at radius 1 is 1.07 bits per heavy atom. The lowest BCUT2D eigenvalue weighted by Crippen LogP contribution is -2.53. The minimum absolute atomic E-state index is 0.0370. The number of amides is 2. The SMILES string of the molecule is Cc1ccc(C(C)NC(=O)CN2CCN(c3ccccc3C)C(=O)C2)cc1. The predicted molar refractivity (Wildman–Crippen MR) is 108 cm³/mol. The van der Waals surface area contributed by atoms with Gasteiger partial charge in [0.2, 0.25) is 11.8 Å². The van der Waals surface area contributed by atoms with E-state index in [9.17, 15) is 9.59 Å². The van der Waals surface area contributed by atoms with Crippen molar-refractivity contribution in [3.05, 3.63) is 65.2 Å². The average molecular weight is 365 g/mol. The third kappa shape index (κ3) is 4.74. The third-order valence-corrected chi connectivity index (χ3v) is 5.03. The highest BCUT2D eigenvalue weighted by atomic mass is 16.2. The Balaban J connectivity index is 1.53. The number of piperazine rings is 1. The summed E-state index contributed by atoms with van der Waals surface area (Å²) in [6.07, 6.45) is 0. The maximum atomic E-state index is 12.6. The molecule has 142 valence electrons. The first-order chi connectivity index (χ1) is 12.9. The molecule has 0 aromatic heterocycles. The number of nitrogens with zero attached hydrogens (tertiary/aromatic N) is 2. The van der Waals surface area contributed by atoms with Gasteiger partial charge < -0.3 is 10.2 Å². The van der Waals surface area contributed by atoms with Gasteiger partial charge in [-0.25, -0.2) is 0 Å². The van der Waals surface area contributed by atoms with Crippen LogP contribution in [0.3, 0.4) is 0 Å². The van der Waals surface area contributed by atoms with Gasteiger partial charge in [0, 0.05) is 18.8 Å². The van der Waals surface area contributed by atoms with Crippen molar-refractivity contribution >= 4 is 17.5 Å². The summed E-state index contributed by atoms with van der Waals surface area (Å²) in [6, 6.07) is 16.0. The number of hydrogen-bond donors (Lipinski definition) is 1. The summed E-state index contributed by atoms with van der Waals surface area (Å²) in [5, 5.41) is 3.02.